The highest BCUT2D eigenvalue weighted by molar-refractivity contribution is 9.10. The molecule has 2 aromatic carbocycles. The molecule has 1 amide bonds. The van der Waals surface area contributed by atoms with Crippen molar-refractivity contribution in [1.82, 2.24) is 4.90 Å². The van der Waals surface area contributed by atoms with Crippen molar-refractivity contribution in [2.24, 2.45) is 0 Å². The molecule has 0 aliphatic carbocycles. The average Bonchev–Trinajstić information content (AvgIpc) is 3.05. The molecule has 0 saturated carbocycles. The molecule has 0 N–H and O–H groups in total. The van der Waals surface area contributed by atoms with Crippen molar-refractivity contribution >= 4 is 33.6 Å². The van der Waals surface area contributed by atoms with E-state index in [9.17, 15) is 4.79 Å². The monoisotopic (exact) mass is 387 g/mol. The van der Waals surface area contributed by atoms with Gasteiger partial charge in [0.25, 0.3) is 0 Å². The van der Waals surface area contributed by atoms with E-state index in [0.29, 0.717) is 0 Å². The van der Waals surface area contributed by atoms with Gasteiger partial charge in [0.1, 0.15) is 0 Å². The summed E-state index contributed by atoms with van der Waals surface area (Å²) in [5.41, 5.74) is 3.59. The van der Waals surface area contributed by atoms with Crippen LogP contribution in [-0.4, -0.2) is 23.6 Å². The smallest absolute Gasteiger partial charge is 0.235 e. The van der Waals surface area contributed by atoms with Crippen LogP contribution in [0.4, 0.5) is 0 Å². The lowest BCUT2D eigenvalue weighted by atomic mass is 9.81. The predicted octanol–water partition coefficient (Wildman–Crippen LogP) is 4.98. The van der Waals surface area contributed by atoms with Crippen molar-refractivity contribution in [3.63, 3.8) is 0 Å². The Hall–Kier alpha value is -1.26. The largest absolute Gasteiger partial charge is 0.335 e. The van der Waals surface area contributed by atoms with Gasteiger partial charge in [-0.3, -0.25) is 4.79 Å². The van der Waals surface area contributed by atoms with E-state index in [-0.39, 0.29) is 17.9 Å². The summed E-state index contributed by atoms with van der Waals surface area (Å²) in [6.45, 7) is 0.887. The molecule has 2 nitrogen and oxygen atoms in total. The standard InChI is InChI=1S/C19H18BrNOS/c1-23-14-7-4-12(5-8-14)18-16-11-13(20)6-9-15(16)17-3-2-10-21(17)19(18)22/h4-9,11,17-18H,2-3,10H2,1H3/t17-,18+/m0/s1. The van der Waals surface area contributed by atoms with E-state index in [1.165, 1.54) is 16.0 Å². The van der Waals surface area contributed by atoms with Crippen LogP contribution in [0.15, 0.2) is 51.8 Å². The first-order valence-electron chi connectivity index (χ1n) is 7.93. The molecule has 23 heavy (non-hydrogen) atoms. The molecule has 118 valence electrons. The molecule has 0 bridgehead atoms. The van der Waals surface area contributed by atoms with E-state index in [0.717, 1.165) is 29.4 Å². The molecular weight excluding hydrogens is 370 g/mol. The summed E-state index contributed by atoms with van der Waals surface area (Å²) in [5.74, 6) is 0.0859. The predicted molar refractivity (Wildman–Crippen MR) is 97.9 cm³/mol. The van der Waals surface area contributed by atoms with Gasteiger partial charge in [0.2, 0.25) is 5.91 Å². The lowest BCUT2D eigenvalue weighted by Gasteiger charge is -2.37. The highest BCUT2D eigenvalue weighted by Crippen LogP contribution is 2.45. The fourth-order valence-electron chi connectivity index (χ4n) is 3.87. The van der Waals surface area contributed by atoms with Crippen LogP contribution in [0.2, 0.25) is 0 Å². The number of carbonyl (C=O) groups is 1. The normalized spacial score (nSPS) is 22.9. The molecule has 0 unspecified atom stereocenters. The molecule has 4 heteroatoms. The van der Waals surface area contributed by atoms with Crippen LogP contribution in [0, 0.1) is 0 Å². The molecule has 0 spiro atoms. The summed E-state index contributed by atoms with van der Waals surface area (Å²) < 4.78 is 1.04. The summed E-state index contributed by atoms with van der Waals surface area (Å²) >= 11 is 5.30. The summed E-state index contributed by atoms with van der Waals surface area (Å²) in [6, 6.07) is 15.1. The summed E-state index contributed by atoms with van der Waals surface area (Å²) in [7, 11) is 0. The van der Waals surface area contributed by atoms with E-state index in [1.54, 1.807) is 11.8 Å². The minimum absolute atomic E-state index is 0.173. The fourth-order valence-corrected chi connectivity index (χ4v) is 4.66. The second-order valence-corrected chi connectivity index (χ2v) is 7.96. The lowest BCUT2D eigenvalue weighted by molar-refractivity contribution is -0.133. The molecule has 2 aliphatic rings. The molecule has 4 rings (SSSR count). The van der Waals surface area contributed by atoms with Gasteiger partial charge in [-0.2, -0.15) is 0 Å². The minimum atomic E-state index is -0.173. The Morgan fingerprint density at radius 3 is 2.65 bits per heavy atom. The van der Waals surface area contributed by atoms with E-state index in [4.69, 9.17) is 0 Å². The van der Waals surface area contributed by atoms with Gasteiger partial charge in [0, 0.05) is 15.9 Å². The zero-order valence-corrected chi connectivity index (χ0v) is 15.4. The molecule has 0 radical (unpaired) electrons. The Morgan fingerprint density at radius 2 is 1.91 bits per heavy atom. The molecule has 0 aromatic heterocycles. The number of amides is 1. The molecule has 1 fully saturated rings. The second kappa shape index (κ2) is 5.99. The summed E-state index contributed by atoms with van der Waals surface area (Å²) in [4.78, 5) is 16.5. The van der Waals surface area contributed by atoms with E-state index in [2.05, 4.69) is 69.6 Å². The van der Waals surface area contributed by atoms with Gasteiger partial charge in [0.05, 0.1) is 12.0 Å². The molecule has 2 atom stereocenters. The zero-order chi connectivity index (χ0) is 16.0. The van der Waals surface area contributed by atoms with Crippen molar-refractivity contribution < 1.29 is 4.79 Å². The number of rotatable bonds is 2. The summed E-state index contributed by atoms with van der Waals surface area (Å²) in [5, 5.41) is 0. The Morgan fingerprint density at radius 1 is 1.13 bits per heavy atom. The fraction of sp³-hybridized carbons (Fsp3) is 0.316. The van der Waals surface area contributed by atoms with E-state index in [1.807, 2.05) is 0 Å². The topological polar surface area (TPSA) is 20.3 Å². The molecule has 2 aliphatic heterocycles. The van der Waals surface area contributed by atoms with Gasteiger partial charge >= 0.3 is 0 Å². The maximum Gasteiger partial charge on any atom is 0.235 e. The Bertz CT molecular complexity index is 758. The quantitative estimate of drug-likeness (QED) is 0.677. The number of thioether (sulfide) groups is 1. The Labute approximate surface area is 149 Å². The van der Waals surface area contributed by atoms with Crippen LogP contribution < -0.4 is 0 Å². The van der Waals surface area contributed by atoms with E-state index >= 15 is 0 Å². The average molecular weight is 388 g/mol. The minimum Gasteiger partial charge on any atom is -0.335 e. The number of hydrogen-bond donors (Lipinski definition) is 0. The van der Waals surface area contributed by atoms with Gasteiger partial charge in [-0.1, -0.05) is 34.1 Å². The van der Waals surface area contributed by atoms with Gasteiger partial charge in [-0.25, -0.2) is 0 Å². The van der Waals surface area contributed by atoms with Crippen LogP contribution in [0.25, 0.3) is 0 Å². The van der Waals surface area contributed by atoms with Crippen LogP contribution in [-0.2, 0) is 4.79 Å². The number of fused-ring (bicyclic) bond motifs is 3. The number of halogens is 1. The highest BCUT2D eigenvalue weighted by atomic mass is 79.9. The van der Waals surface area contributed by atoms with Crippen LogP contribution in [0.5, 0.6) is 0 Å². The first-order valence-corrected chi connectivity index (χ1v) is 9.94. The second-order valence-electron chi connectivity index (χ2n) is 6.17. The van der Waals surface area contributed by atoms with Crippen molar-refractivity contribution in [3.05, 3.63) is 63.6 Å². The van der Waals surface area contributed by atoms with Crippen LogP contribution >= 0.6 is 27.7 Å². The molecule has 1 saturated heterocycles. The molecular formula is C19H18BrNOS. The van der Waals surface area contributed by atoms with E-state index < -0.39 is 0 Å². The third-order valence-corrected chi connectivity index (χ3v) is 6.19. The van der Waals surface area contributed by atoms with Gasteiger partial charge < -0.3 is 4.90 Å². The van der Waals surface area contributed by atoms with Crippen molar-refractivity contribution in [1.29, 1.82) is 0 Å². The zero-order valence-electron chi connectivity index (χ0n) is 13.0. The van der Waals surface area contributed by atoms with Gasteiger partial charge in [-0.15, -0.1) is 11.8 Å². The first kappa shape index (κ1) is 15.3. The third kappa shape index (κ3) is 2.52. The van der Waals surface area contributed by atoms with Gasteiger partial charge in [0.15, 0.2) is 0 Å². The highest BCUT2D eigenvalue weighted by Gasteiger charge is 2.42. The number of nitrogens with zero attached hydrogens (tertiary/aromatic N) is 1. The lowest BCUT2D eigenvalue weighted by Crippen LogP contribution is -2.40. The Kier molecular flexibility index (Phi) is 3.98. The molecule has 2 heterocycles. The summed E-state index contributed by atoms with van der Waals surface area (Å²) in [6.07, 6.45) is 4.25. The molecule has 2 aromatic rings. The number of benzene rings is 2. The maximum absolute atomic E-state index is 13.1. The van der Waals surface area contributed by atoms with Crippen molar-refractivity contribution in [2.45, 2.75) is 29.7 Å². The van der Waals surface area contributed by atoms with Crippen LogP contribution in [0.3, 0.4) is 0 Å². The van der Waals surface area contributed by atoms with Crippen molar-refractivity contribution in [3.8, 4) is 0 Å². The van der Waals surface area contributed by atoms with Crippen LogP contribution in [0.1, 0.15) is 41.5 Å². The first-order chi connectivity index (χ1) is 11.2. The van der Waals surface area contributed by atoms with Crippen molar-refractivity contribution in [2.75, 3.05) is 12.8 Å². The SMILES string of the molecule is CSc1ccc([C@H]2C(=O)N3CCC[C@H]3c3ccc(Br)cc32)cc1. The number of carbonyl (C=O) groups excluding carboxylic acids is 1. The third-order valence-electron chi connectivity index (χ3n) is 4.95. The maximum atomic E-state index is 13.1. The Balaban J connectivity index is 1.86. The number of hydrogen-bond acceptors (Lipinski definition) is 2. The van der Waals surface area contributed by atoms with Gasteiger partial charge in [-0.05, 0) is 60.1 Å².